The number of nitrogens with two attached hydrogens (primary N) is 1. The van der Waals surface area contributed by atoms with Crippen LogP contribution in [0.3, 0.4) is 0 Å². The summed E-state index contributed by atoms with van der Waals surface area (Å²) in [6.45, 7) is 0.298. The van der Waals surface area contributed by atoms with Crippen LogP contribution in [-0.4, -0.2) is 22.4 Å². The topological polar surface area (TPSA) is 83.8 Å². The molecule has 2 aromatic heterocycles. The van der Waals surface area contributed by atoms with Gasteiger partial charge in [0.25, 0.3) is 5.91 Å². The van der Waals surface area contributed by atoms with Gasteiger partial charge in [0.1, 0.15) is 11.5 Å². The van der Waals surface area contributed by atoms with Crippen LogP contribution in [0.25, 0.3) is 0 Å². The predicted molar refractivity (Wildman–Crippen MR) is 68.9 cm³/mol. The van der Waals surface area contributed by atoms with Crippen molar-refractivity contribution in [3.63, 3.8) is 0 Å². The molecule has 0 aliphatic carbocycles. The zero-order valence-corrected chi connectivity index (χ0v) is 9.60. The summed E-state index contributed by atoms with van der Waals surface area (Å²) in [5.74, 6) is 5.84. The van der Waals surface area contributed by atoms with Crippen molar-refractivity contribution in [2.24, 2.45) is 5.73 Å². The summed E-state index contributed by atoms with van der Waals surface area (Å²) in [4.78, 5) is 18.6. The maximum atomic E-state index is 11.8. The van der Waals surface area contributed by atoms with E-state index in [1.54, 1.807) is 36.7 Å². The van der Waals surface area contributed by atoms with Gasteiger partial charge in [0.15, 0.2) is 0 Å². The summed E-state index contributed by atoms with van der Waals surface area (Å²) in [6.07, 6.45) is 3.27. The van der Waals surface area contributed by atoms with Crippen molar-refractivity contribution in [2.45, 2.75) is 0 Å². The van der Waals surface area contributed by atoms with Crippen LogP contribution in [0, 0.1) is 11.8 Å². The average molecular weight is 240 g/mol. The van der Waals surface area contributed by atoms with E-state index in [9.17, 15) is 4.79 Å². The van der Waals surface area contributed by atoms with E-state index in [1.165, 1.54) is 0 Å². The second-order valence-corrected chi connectivity index (χ2v) is 3.47. The standard InChI is InChI=1S/C13H12N4O/c14-6-1-3-10-5-8-16-12(9-10)17-13(18)11-4-2-7-15-11/h2,4-5,7-9,15H,6,14H2,(H,16,17,18). The van der Waals surface area contributed by atoms with Crippen LogP contribution in [0.4, 0.5) is 5.82 Å². The Bertz CT molecular complexity index is 593. The van der Waals surface area contributed by atoms with Gasteiger partial charge in [0.2, 0.25) is 0 Å². The lowest BCUT2D eigenvalue weighted by Crippen LogP contribution is -2.13. The fourth-order valence-electron chi connectivity index (χ4n) is 1.38. The van der Waals surface area contributed by atoms with Gasteiger partial charge in [0.05, 0.1) is 6.54 Å². The van der Waals surface area contributed by atoms with Crippen molar-refractivity contribution in [3.8, 4) is 11.8 Å². The highest BCUT2D eigenvalue weighted by molar-refractivity contribution is 6.02. The molecule has 2 rings (SSSR count). The lowest BCUT2D eigenvalue weighted by Gasteiger charge is -2.02. The van der Waals surface area contributed by atoms with Crippen LogP contribution in [0.5, 0.6) is 0 Å². The van der Waals surface area contributed by atoms with Gasteiger partial charge in [-0.15, -0.1) is 0 Å². The van der Waals surface area contributed by atoms with E-state index in [0.29, 0.717) is 18.1 Å². The molecule has 0 saturated carbocycles. The molecule has 0 saturated heterocycles. The maximum Gasteiger partial charge on any atom is 0.273 e. The second-order valence-electron chi connectivity index (χ2n) is 3.47. The number of H-pyrrole nitrogens is 1. The number of hydrogen-bond donors (Lipinski definition) is 3. The number of hydrogen-bond acceptors (Lipinski definition) is 3. The average Bonchev–Trinajstić information content (AvgIpc) is 2.91. The van der Waals surface area contributed by atoms with E-state index in [4.69, 9.17) is 5.73 Å². The second kappa shape index (κ2) is 5.66. The van der Waals surface area contributed by atoms with Gasteiger partial charge in [-0.3, -0.25) is 4.79 Å². The lowest BCUT2D eigenvalue weighted by atomic mass is 10.2. The van der Waals surface area contributed by atoms with Crippen molar-refractivity contribution in [3.05, 3.63) is 47.9 Å². The number of aromatic nitrogens is 2. The molecule has 0 radical (unpaired) electrons. The van der Waals surface area contributed by atoms with Gasteiger partial charge in [-0.1, -0.05) is 11.8 Å². The molecular formula is C13H12N4O. The molecule has 18 heavy (non-hydrogen) atoms. The number of amides is 1. The van der Waals surface area contributed by atoms with Crippen LogP contribution in [0.1, 0.15) is 16.1 Å². The first-order valence-corrected chi connectivity index (χ1v) is 5.39. The van der Waals surface area contributed by atoms with Crippen molar-refractivity contribution in [1.29, 1.82) is 0 Å². The van der Waals surface area contributed by atoms with Crippen molar-refractivity contribution < 1.29 is 4.79 Å². The molecule has 0 aliphatic rings. The third-order valence-electron chi connectivity index (χ3n) is 2.18. The monoisotopic (exact) mass is 240 g/mol. The van der Waals surface area contributed by atoms with Gasteiger partial charge in [-0.2, -0.15) is 0 Å². The Hall–Kier alpha value is -2.58. The molecule has 90 valence electrons. The minimum absolute atomic E-state index is 0.239. The summed E-state index contributed by atoms with van der Waals surface area (Å²) in [7, 11) is 0. The molecule has 2 aromatic rings. The predicted octanol–water partition coefficient (Wildman–Crippen LogP) is 0.972. The number of pyridine rings is 1. The van der Waals surface area contributed by atoms with Crippen LogP contribution in [-0.2, 0) is 0 Å². The smallest absolute Gasteiger partial charge is 0.273 e. The summed E-state index contributed by atoms with van der Waals surface area (Å²) < 4.78 is 0. The first-order valence-electron chi connectivity index (χ1n) is 5.39. The van der Waals surface area contributed by atoms with Crippen molar-refractivity contribution in [1.82, 2.24) is 9.97 Å². The third-order valence-corrected chi connectivity index (χ3v) is 2.18. The van der Waals surface area contributed by atoms with E-state index in [1.807, 2.05) is 0 Å². The molecule has 0 atom stereocenters. The van der Waals surface area contributed by atoms with Crippen LogP contribution < -0.4 is 11.1 Å². The van der Waals surface area contributed by atoms with Crippen LogP contribution in [0.2, 0.25) is 0 Å². The van der Waals surface area contributed by atoms with Crippen LogP contribution in [0.15, 0.2) is 36.7 Å². The maximum absolute atomic E-state index is 11.8. The van der Waals surface area contributed by atoms with Crippen molar-refractivity contribution >= 4 is 11.7 Å². The van der Waals surface area contributed by atoms with E-state index >= 15 is 0 Å². The van der Waals surface area contributed by atoms with E-state index < -0.39 is 0 Å². The molecule has 0 unspecified atom stereocenters. The van der Waals surface area contributed by atoms with E-state index in [0.717, 1.165) is 5.56 Å². The number of carbonyl (C=O) groups is 1. The molecule has 0 bridgehead atoms. The Morgan fingerprint density at radius 1 is 1.50 bits per heavy atom. The molecule has 5 nitrogen and oxygen atoms in total. The fraction of sp³-hybridized carbons (Fsp3) is 0.0769. The molecule has 0 aromatic carbocycles. The minimum atomic E-state index is -0.239. The number of aromatic amines is 1. The first kappa shape index (κ1) is 11.9. The minimum Gasteiger partial charge on any atom is -0.357 e. The Balaban J connectivity index is 2.12. The zero-order valence-electron chi connectivity index (χ0n) is 9.60. The quantitative estimate of drug-likeness (QED) is 0.684. The largest absolute Gasteiger partial charge is 0.357 e. The molecule has 0 aliphatic heterocycles. The Labute approximate surface area is 104 Å². The van der Waals surface area contributed by atoms with Gasteiger partial charge < -0.3 is 16.0 Å². The lowest BCUT2D eigenvalue weighted by molar-refractivity contribution is 0.102. The summed E-state index contributed by atoms with van der Waals surface area (Å²) in [5.41, 5.74) is 6.54. The Morgan fingerprint density at radius 3 is 3.11 bits per heavy atom. The highest BCUT2D eigenvalue weighted by Gasteiger charge is 2.06. The molecule has 4 N–H and O–H groups in total. The number of carbonyl (C=O) groups excluding carboxylic acids is 1. The highest BCUT2D eigenvalue weighted by atomic mass is 16.1. The Morgan fingerprint density at radius 2 is 2.39 bits per heavy atom. The molecule has 2 heterocycles. The summed E-state index contributed by atoms with van der Waals surface area (Å²) >= 11 is 0. The summed E-state index contributed by atoms with van der Waals surface area (Å²) in [6, 6.07) is 6.90. The summed E-state index contributed by atoms with van der Waals surface area (Å²) in [5, 5.41) is 2.68. The number of rotatable bonds is 2. The van der Waals surface area contributed by atoms with Gasteiger partial charge >= 0.3 is 0 Å². The Kier molecular flexibility index (Phi) is 3.74. The molecule has 1 amide bonds. The number of nitrogens with one attached hydrogen (secondary N) is 2. The van der Waals surface area contributed by atoms with Crippen molar-refractivity contribution in [2.75, 3.05) is 11.9 Å². The third kappa shape index (κ3) is 2.97. The fourth-order valence-corrected chi connectivity index (χ4v) is 1.38. The number of anilines is 1. The molecule has 5 heteroatoms. The van der Waals surface area contributed by atoms with E-state index in [-0.39, 0.29) is 5.91 Å². The zero-order chi connectivity index (χ0) is 12.8. The van der Waals surface area contributed by atoms with E-state index in [2.05, 4.69) is 27.1 Å². The van der Waals surface area contributed by atoms with Crippen LogP contribution >= 0.6 is 0 Å². The SMILES string of the molecule is NCC#Cc1ccnc(NC(=O)c2ccc[nH]2)c1. The van der Waals surface area contributed by atoms with Gasteiger partial charge in [-0.25, -0.2) is 4.98 Å². The molecule has 0 fully saturated rings. The first-order chi connectivity index (χ1) is 8.79. The van der Waals surface area contributed by atoms with Gasteiger partial charge in [0, 0.05) is 18.0 Å². The molecular weight excluding hydrogens is 228 g/mol. The highest BCUT2D eigenvalue weighted by Crippen LogP contribution is 2.07. The molecule has 0 spiro atoms. The number of nitrogens with zero attached hydrogens (tertiary/aromatic N) is 1. The van der Waals surface area contributed by atoms with Gasteiger partial charge in [-0.05, 0) is 24.3 Å². The normalized spacial score (nSPS) is 9.39.